The lowest BCUT2D eigenvalue weighted by molar-refractivity contribution is 0.741. The minimum Gasteiger partial charge on any atom is -0.238 e. The molecular weight excluding hydrogens is 196 g/mol. The molecule has 1 unspecified atom stereocenters. The van der Waals surface area contributed by atoms with Crippen molar-refractivity contribution in [2.24, 2.45) is 0 Å². The van der Waals surface area contributed by atoms with E-state index in [4.69, 9.17) is 11.6 Å². The topological polar surface area (TPSA) is 25.8 Å². The van der Waals surface area contributed by atoms with E-state index < -0.39 is 0 Å². The lowest BCUT2D eigenvalue weighted by atomic mass is 10.1. The van der Waals surface area contributed by atoms with Crippen molar-refractivity contribution in [3.63, 3.8) is 0 Å². The molecule has 0 saturated heterocycles. The highest BCUT2D eigenvalue weighted by atomic mass is 35.5. The second-order valence-corrected chi connectivity index (χ2v) is 4.74. The highest BCUT2D eigenvalue weighted by Crippen LogP contribution is 2.12. The van der Waals surface area contributed by atoms with Crippen molar-refractivity contribution in [2.75, 3.05) is 0 Å². The van der Waals surface area contributed by atoms with Gasteiger partial charge < -0.3 is 0 Å². The molecule has 1 heterocycles. The zero-order valence-electron chi connectivity index (χ0n) is 9.21. The van der Waals surface area contributed by atoms with Crippen LogP contribution in [-0.4, -0.2) is 15.3 Å². The van der Waals surface area contributed by atoms with E-state index in [1.165, 1.54) is 0 Å². The van der Waals surface area contributed by atoms with Crippen molar-refractivity contribution >= 4 is 11.6 Å². The van der Waals surface area contributed by atoms with Crippen molar-refractivity contribution in [1.29, 1.82) is 0 Å². The van der Waals surface area contributed by atoms with E-state index in [1.54, 1.807) is 0 Å². The number of halogens is 1. The molecule has 3 heteroatoms. The van der Waals surface area contributed by atoms with Gasteiger partial charge in [-0.15, -0.1) is 11.6 Å². The minimum absolute atomic E-state index is 0.129. The van der Waals surface area contributed by atoms with E-state index in [9.17, 15) is 0 Å². The van der Waals surface area contributed by atoms with Crippen LogP contribution in [0.5, 0.6) is 0 Å². The third-order valence-electron chi connectivity index (χ3n) is 1.93. The summed E-state index contributed by atoms with van der Waals surface area (Å²) in [7, 11) is 0. The first kappa shape index (κ1) is 11.4. The minimum atomic E-state index is 0.129. The van der Waals surface area contributed by atoms with Gasteiger partial charge in [0.1, 0.15) is 5.82 Å². The van der Waals surface area contributed by atoms with Crippen molar-refractivity contribution < 1.29 is 0 Å². The van der Waals surface area contributed by atoms with Crippen LogP contribution in [0.15, 0.2) is 6.07 Å². The van der Waals surface area contributed by atoms with Crippen LogP contribution >= 0.6 is 11.6 Å². The van der Waals surface area contributed by atoms with E-state index in [2.05, 4.69) is 23.8 Å². The second kappa shape index (κ2) is 4.74. The molecule has 0 fully saturated rings. The maximum Gasteiger partial charge on any atom is 0.131 e. The van der Waals surface area contributed by atoms with E-state index in [0.29, 0.717) is 5.92 Å². The quantitative estimate of drug-likeness (QED) is 0.720. The van der Waals surface area contributed by atoms with Crippen LogP contribution in [-0.2, 0) is 6.42 Å². The maximum absolute atomic E-state index is 5.94. The van der Waals surface area contributed by atoms with Gasteiger partial charge in [0.15, 0.2) is 0 Å². The average molecular weight is 213 g/mol. The van der Waals surface area contributed by atoms with E-state index in [-0.39, 0.29) is 5.38 Å². The molecule has 0 saturated carbocycles. The van der Waals surface area contributed by atoms with Crippen LogP contribution in [0.3, 0.4) is 0 Å². The van der Waals surface area contributed by atoms with Crippen LogP contribution in [0.4, 0.5) is 0 Å². The van der Waals surface area contributed by atoms with Gasteiger partial charge in [-0.1, -0.05) is 13.8 Å². The summed E-state index contributed by atoms with van der Waals surface area (Å²) >= 11 is 5.94. The van der Waals surface area contributed by atoms with Gasteiger partial charge in [0.25, 0.3) is 0 Å². The number of rotatable bonds is 3. The first-order valence-corrected chi connectivity index (χ1v) is 5.41. The number of hydrogen-bond donors (Lipinski definition) is 0. The molecule has 0 spiro atoms. The molecule has 0 amide bonds. The van der Waals surface area contributed by atoms with Gasteiger partial charge >= 0.3 is 0 Å². The molecule has 0 aliphatic carbocycles. The van der Waals surface area contributed by atoms with Crippen LogP contribution in [0.2, 0.25) is 0 Å². The van der Waals surface area contributed by atoms with Crippen LogP contribution in [0.1, 0.15) is 43.9 Å². The van der Waals surface area contributed by atoms with Gasteiger partial charge in [0.2, 0.25) is 0 Å². The fraction of sp³-hybridized carbons (Fsp3) is 0.636. The van der Waals surface area contributed by atoms with Crippen LogP contribution in [0.25, 0.3) is 0 Å². The third kappa shape index (κ3) is 3.26. The Hall–Kier alpha value is -0.630. The predicted octanol–water partition coefficient (Wildman–Crippen LogP) is 3.08. The zero-order valence-corrected chi connectivity index (χ0v) is 9.97. The molecule has 0 aliphatic rings. The van der Waals surface area contributed by atoms with Gasteiger partial charge in [-0.25, -0.2) is 9.97 Å². The fourth-order valence-electron chi connectivity index (χ4n) is 1.31. The summed E-state index contributed by atoms with van der Waals surface area (Å²) in [4.78, 5) is 8.86. The van der Waals surface area contributed by atoms with Crippen molar-refractivity contribution in [3.8, 4) is 0 Å². The molecule has 1 aromatic rings. The van der Waals surface area contributed by atoms with Crippen LogP contribution in [0, 0.1) is 6.92 Å². The SMILES string of the molecule is Cc1cc(CC(C)Cl)nc(C(C)C)n1. The summed E-state index contributed by atoms with van der Waals surface area (Å²) in [6.07, 6.45) is 0.810. The molecule has 0 aromatic carbocycles. The van der Waals surface area contributed by atoms with Crippen LogP contribution < -0.4 is 0 Å². The fourth-order valence-corrected chi connectivity index (χ4v) is 1.47. The van der Waals surface area contributed by atoms with E-state index in [1.807, 2.05) is 19.9 Å². The molecular formula is C11H17ClN2. The number of aromatic nitrogens is 2. The molecule has 1 atom stereocenters. The average Bonchev–Trinajstić information content (AvgIpc) is 2.01. The monoisotopic (exact) mass is 212 g/mol. The normalized spacial score (nSPS) is 13.3. The maximum atomic E-state index is 5.94. The Morgan fingerprint density at radius 2 is 1.93 bits per heavy atom. The number of aryl methyl sites for hydroxylation is 1. The number of hydrogen-bond acceptors (Lipinski definition) is 2. The Bertz CT molecular complexity index is 308. The summed E-state index contributed by atoms with van der Waals surface area (Å²) in [6.45, 7) is 8.18. The number of nitrogens with zero attached hydrogens (tertiary/aromatic N) is 2. The van der Waals surface area contributed by atoms with Gasteiger partial charge in [-0.3, -0.25) is 0 Å². The molecule has 0 aliphatic heterocycles. The first-order valence-electron chi connectivity index (χ1n) is 4.97. The largest absolute Gasteiger partial charge is 0.238 e. The molecule has 0 N–H and O–H groups in total. The molecule has 2 nitrogen and oxygen atoms in total. The summed E-state index contributed by atoms with van der Waals surface area (Å²) in [5.41, 5.74) is 2.07. The molecule has 1 aromatic heterocycles. The Labute approximate surface area is 90.7 Å². The third-order valence-corrected chi connectivity index (χ3v) is 2.09. The molecule has 14 heavy (non-hydrogen) atoms. The van der Waals surface area contributed by atoms with Crippen molar-refractivity contribution in [2.45, 2.75) is 45.4 Å². The zero-order chi connectivity index (χ0) is 10.7. The summed E-state index contributed by atoms with van der Waals surface area (Å²) in [5, 5.41) is 0.129. The smallest absolute Gasteiger partial charge is 0.131 e. The van der Waals surface area contributed by atoms with Gasteiger partial charge in [-0.2, -0.15) is 0 Å². The van der Waals surface area contributed by atoms with Gasteiger partial charge in [0, 0.05) is 29.1 Å². The first-order chi connectivity index (χ1) is 6.49. The predicted molar refractivity (Wildman–Crippen MR) is 59.9 cm³/mol. The molecule has 0 radical (unpaired) electrons. The highest BCUT2D eigenvalue weighted by molar-refractivity contribution is 6.20. The summed E-state index contributed by atoms with van der Waals surface area (Å²) < 4.78 is 0. The second-order valence-electron chi connectivity index (χ2n) is 4.00. The van der Waals surface area contributed by atoms with Gasteiger partial charge in [-0.05, 0) is 19.9 Å². The Morgan fingerprint density at radius 1 is 1.29 bits per heavy atom. The summed E-state index contributed by atoms with van der Waals surface area (Å²) in [5.74, 6) is 1.29. The molecule has 0 bridgehead atoms. The Morgan fingerprint density at radius 3 is 2.43 bits per heavy atom. The lowest BCUT2D eigenvalue weighted by Gasteiger charge is -2.08. The van der Waals surface area contributed by atoms with E-state index in [0.717, 1.165) is 23.6 Å². The highest BCUT2D eigenvalue weighted by Gasteiger charge is 2.07. The lowest BCUT2D eigenvalue weighted by Crippen LogP contribution is -2.06. The van der Waals surface area contributed by atoms with Crippen molar-refractivity contribution in [1.82, 2.24) is 9.97 Å². The molecule has 1 rings (SSSR count). The standard InChI is InChI=1S/C11H17ClN2/c1-7(2)11-13-9(4)6-10(14-11)5-8(3)12/h6-8H,5H2,1-4H3. The summed E-state index contributed by atoms with van der Waals surface area (Å²) in [6, 6.07) is 2.00. The Balaban J connectivity index is 2.95. The van der Waals surface area contributed by atoms with Crippen molar-refractivity contribution in [3.05, 3.63) is 23.3 Å². The Kier molecular flexibility index (Phi) is 3.87. The van der Waals surface area contributed by atoms with E-state index >= 15 is 0 Å². The van der Waals surface area contributed by atoms with Gasteiger partial charge in [0.05, 0.1) is 0 Å². The number of alkyl halides is 1. The molecule has 78 valence electrons.